The minimum absolute atomic E-state index is 0.755. The van der Waals surface area contributed by atoms with Crippen molar-refractivity contribution in [3.8, 4) is 5.69 Å². The van der Waals surface area contributed by atoms with Crippen molar-refractivity contribution in [1.29, 1.82) is 0 Å². The molecule has 2 aromatic heterocycles. The number of aromatic nitrogens is 3. The van der Waals surface area contributed by atoms with E-state index < -0.39 is 0 Å². The topological polar surface area (TPSA) is 49.2 Å². The maximum absolute atomic E-state index is 4.59. The van der Waals surface area contributed by atoms with Crippen LogP contribution in [0.15, 0.2) is 61.1 Å². The van der Waals surface area contributed by atoms with Crippen LogP contribution < -0.4 is 5.32 Å². The summed E-state index contributed by atoms with van der Waals surface area (Å²) >= 11 is 0. The van der Waals surface area contributed by atoms with Crippen molar-refractivity contribution in [2.75, 3.05) is 38.0 Å². The van der Waals surface area contributed by atoms with Crippen molar-refractivity contribution in [1.82, 2.24) is 24.6 Å². The second-order valence-corrected chi connectivity index (χ2v) is 7.23. The Morgan fingerprint density at radius 3 is 2.32 bits per heavy atom. The Kier molecular flexibility index (Phi) is 5.99. The van der Waals surface area contributed by atoms with Gasteiger partial charge in [0, 0.05) is 57.9 Å². The van der Waals surface area contributed by atoms with Gasteiger partial charge in [0.15, 0.2) is 0 Å². The number of nitrogens with zero attached hydrogens (tertiary/aromatic N) is 5. The van der Waals surface area contributed by atoms with E-state index in [2.05, 4.69) is 68.5 Å². The Morgan fingerprint density at radius 1 is 0.929 bits per heavy atom. The quantitative estimate of drug-likeness (QED) is 0.687. The predicted octanol–water partition coefficient (Wildman–Crippen LogP) is 3.02. The molecule has 4 rings (SSSR count). The average molecular weight is 377 g/mol. The molecule has 0 spiro atoms. The van der Waals surface area contributed by atoms with Crippen LogP contribution in [0.25, 0.3) is 5.69 Å². The normalized spacial score (nSPS) is 15.6. The van der Waals surface area contributed by atoms with Gasteiger partial charge < -0.3 is 10.2 Å². The summed E-state index contributed by atoms with van der Waals surface area (Å²) in [6.45, 7) is 9.75. The molecule has 1 fully saturated rings. The van der Waals surface area contributed by atoms with E-state index in [0.717, 1.165) is 44.2 Å². The lowest BCUT2D eigenvalue weighted by Gasteiger charge is -2.33. The largest absolute Gasteiger partial charge is 0.366 e. The SMILES string of the molecule is CCN1CCN(Cc2ccc(NCc3ccc(-n4cccn4)cc3)nc2)CC1. The minimum atomic E-state index is 0.755. The molecule has 3 aromatic rings. The van der Waals surface area contributed by atoms with Gasteiger partial charge in [-0.2, -0.15) is 5.10 Å². The third-order valence-corrected chi connectivity index (χ3v) is 5.32. The molecule has 0 aliphatic carbocycles. The highest BCUT2D eigenvalue weighted by Gasteiger charge is 2.15. The summed E-state index contributed by atoms with van der Waals surface area (Å²) < 4.78 is 1.86. The zero-order valence-electron chi connectivity index (χ0n) is 16.5. The van der Waals surface area contributed by atoms with E-state index >= 15 is 0 Å². The molecule has 1 saturated heterocycles. The predicted molar refractivity (Wildman–Crippen MR) is 113 cm³/mol. The fraction of sp³-hybridized carbons (Fsp3) is 0.364. The van der Waals surface area contributed by atoms with E-state index in [9.17, 15) is 0 Å². The minimum Gasteiger partial charge on any atom is -0.366 e. The summed E-state index contributed by atoms with van der Waals surface area (Å²) in [5, 5.41) is 7.66. The zero-order chi connectivity index (χ0) is 19.2. The lowest BCUT2D eigenvalue weighted by Crippen LogP contribution is -2.45. The summed E-state index contributed by atoms with van der Waals surface area (Å²) in [4.78, 5) is 9.60. The van der Waals surface area contributed by atoms with E-state index in [-0.39, 0.29) is 0 Å². The van der Waals surface area contributed by atoms with E-state index in [1.54, 1.807) is 6.20 Å². The van der Waals surface area contributed by atoms with Crippen molar-refractivity contribution >= 4 is 5.82 Å². The van der Waals surface area contributed by atoms with Crippen LogP contribution in [-0.2, 0) is 13.1 Å². The molecule has 28 heavy (non-hydrogen) atoms. The van der Waals surface area contributed by atoms with Crippen LogP contribution in [0.3, 0.4) is 0 Å². The highest BCUT2D eigenvalue weighted by atomic mass is 15.3. The van der Waals surface area contributed by atoms with Crippen LogP contribution in [0.4, 0.5) is 5.82 Å². The summed E-state index contributed by atoms with van der Waals surface area (Å²) in [7, 11) is 0. The summed E-state index contributed by atoms with van der Waals surface area (Å²) in [6.07, 6.45) is 5.73. The van der Waals surface area contributed by atoms with Crippen LogP contribution in [0.2, 0.25) is 0 Å². The first kappa shape index (κ1) is 18.7. The molecular formula is C22H28N6. The van der Waals surface area contributed by atoms with Crippen molar-refractivity contribution in [3.63, 3.8) is 0 Å². The highest BCUT2D eigenvalue weighted by molar-refractivity contribution is 5.39. The first-order chi connectivity index (χ1) is 13.8. The summed E-state index contributed by atoms with van der Waals surface area (Å²) in [5.41, 5.74) is 3.56. The van der Waals surface area contributed by atoms with Crippen molar-refractivity contribution in [2.45, 2.75) is 20.0 Å². The number of benzene rings is 1. The number of pyridine rings is 1. The number of anilines is 1. The van der Waals surface area contributed by atoms with Gasteiger partial charge in [0.2, 0.25) is 0 Å². The molecule has 0 atom stereocenters. The number of hydrogen-bond acceptors (Lipinski definition) is 5. The van der Waals surface area contributed by atoms with Crippen LogP contribution in [0, 0.1) is 0 Å². The fourth-order valence-electron chi connectivity index (χ4n) is 3.53. The van der Waals surface area contributed by atoms with E-state index in [1.165, 1.54) is 24.2 Å². The van der Waals surface area contributed by atoms with E-state index in [0.29, 0.717) is 0 Å². The molecule has 1 aromatic carbocycles. The van der Waals surface area contributed by atoms with Crippen LogP contribution in [0.1, 0.15) is 18.1 Å². The number of rotatable bonds is 7. The zero-order valence-corrected chi connectivity index (χ0v) is 16.5. The molecule has 0 unspecified atom stereocenters. The number of nitrogens with one attached hydrogen (secondary N) is 1. The van der Waals surface area contributed by atoms with Crippen molar-refractivity contribution < 1.29 is 0 Å². The Balaban J connectivity index is 1.26. The van der Waals surface area contributed by atoms with Crippen LogP contribution in [0.5, 0.6) is 0 Å². The Bertz CT molecular complexity index is 834. The van der Waals surface area contributed by atoms with Gasteiger partial charge in [-0.3, -0.25) is 4.90 Å². The van der Waals surface area contributed by atoms with Crippen molar-refractivity contribution in [3.05, 3.63) is 72.2 Å². The monoisotopic (exact) mass is 376 g/mol. The third-order valence-electron chi connectivity index (χ3n) is 5.32. The first-order valence-corrected chi connectivity index (χ1v) is 10.0. The molecule has 0 bridgehead atoms. The molecule has 1 aliphatic rings. The molecule has 1 aliphatic heterocycles. The Hall–Kier alpha value is -2.70. The fourth-order valence-corrected chi connectivity index (χ4v) is 3.53. The molecule has 6 heteroatoms. The molecule has 3 heterocycles. The van der Waals surface area contributed by atoms with Crippen molar-refractivity contribution in [2.24, 2.45) is 0 Å². The number of piperazine rings is 1. The molecule has 0 saturated carbocycles. The molecule has 6 nitrogen and oxygen atoms in total. The third kappa shape index (κ3) is 4.77. The van der Waals surface area contributed by atoms with Gasteiger partial charge >= 0.3 is 0 Å². The first-order valence-electron chi connectivity index (χ1n) is 10.0. The molecule has 0 radical (unpaired) electrons. The second kappa shape index (κ2) is 8.99. The lowest BCUT2D eigenvalue weighted by atomic mass is 10.2. The van der Waals surface area contributed by atoms with Gasteiger partial charge in [-0.1, -0.05) is 25.1 Å². The summed E-state index contributed by atoms with van der Waals surface area (Å²) in [6, 6.07) is 14.6. The van der Waals surface area contributed by atoms with Gasteiger partial charge in [0.05, 0.1) is 5.69 Å². The number of hydrogen-bond donors (Lipinski definition) is 1. The van der Waals surface area contributed by atoms with Gasteiger partial charge in [0.1, 0.15) is 5.82 Å². The highest BCUT2D eigenvalue weighted by Crippen LogP contribution is 2.13. The van der Waals surface area contributed by atoms with Crippen LogP contribution in [-0.4, -0.2) is 57.3 Å². The Labute approximate surface area is 166 Å². The Morgan fingerprint density at radius 2 is 1.68 bits per heavy atom. The smallest absolute Gasteiger partial charge is 0.126 e. The van der Waals surface area contributed by atoms with E-state index in [4.69, 9.17) is 0 Å². The maximum atomic E-state index is 4.59. The van der Waals surface area contributed by atoms with Gasteiger partial charge in [0.25, 0.3) is 0 Å². The summed E-state index contributed by atoms with van der Waals surface area (Å²) in [5.74, 6) is 0.913. The standard InChI is InChI=1S/C22H28N6/c1-2-26-12-14-27(15-13-26)18-20-6-9-22(24-17-20)23-16-19-4-7-21(8-5-19)28-11-3-10-25-28/h3-11,17H,2,12-16,18H2,1H3,(H,23,24). The maximum Gasteiger partial charge on any atom is 0.126 e. The van der Waals surface area contributed by atoms with Gasteiger partial charge in [-0.15, -0.1) is 0 Å². The molecule has 1 N–H and O–H groups in total. The lowest BCUT2D eigenvalue weighted by molar-refractivity contribution is 0.132. The van der Waals surface area contributed by atoms with Gasteiger partial charge in [-0.25, -0.2) is 9.67 Å². The molecular weight excluding hydrogens is 348 g/mol. The van der Waals surface area contributed by atoms with Gasteiger partial charge in [-0.05, 0) is 41.9 Å². The van der Waals surface area contributed by atoms with E-state index in [1.807, 2.05) is 23.1 Å². The average Bonchev–Trinajstić information content (AvgIpc) is 3.29. The second-order valence-electron chi connectivity index (χ2n) is 7.23. The van der Waals surface area contributed by atoms with Crippen LogP contribution >= 0.6 is 0 Å². The number of likely N-dealkylation sites (N-methyl/N-ethyl adjacent to an activating group) is 1. The molecule has 0 amide bonds. The molecule has 146 valence electrons.